The molecule has 9 nitrogen and oxygen atoms in total. The lowest BCUT2D eigenvalue weighted by atomic mass is 10.1. The largest absolute Gasteiger partial charge is 0.382 e. The minimum absolute atomic E-state index is 0.00488. The third kappa shape index (κ3) is 4.42. The number of sulfone groups is 1. The van der Waals surface area contributed by atoms with Crippen LogP contribution in [0.15, 0.2) is 59.8 Å². The van der Waals surface area contributed by atoms with Gasteiger partial charge in [0.15, 0.2) is 15.7 Å². The van der Waals surface area contributed by atoms with Gasteiger partial charge in [0.1, 0.15) is 23.4 Å². The van der Waals surface area contributed by atoms with Crippen LogP contribution in [-0.2, 0) is 16.4 Å². The summed E-state index contributed by atoms with van der Waals surface area (Å²) in [5.41, 5.74) is 9.27. The van der Waals surface area contributed by atoms with Gasteiger partial charge < -0.3 is 11.1 Å². The first-order valence-electron chi connectivity index (χ1n) is 10.3. The number of nitrogens with two attached hydrogens (primary N) is 1. The molecule has 0 unspecified atom stereocenters. The number of aromatic nitrogens is 4. The maximum Gasteiger partial charge on any atom is 0.252 e. The van der Waals surface area contributed by atoms with Crippen molar-refractivity contribution in [3.05, 3.63) is 71.8 Å². The first-order chi connectivity index (χ1) is 15.7. The first-order valence-corrected chi connectivity index (χ1v) is 12.2. The van der Waals surface area contributed by atoms with Gasteiger partial charge in [0.25, 0.3) is 5.91 Å². The zero-order valence-corrected chi connectivity index (χ0v) is 19.3. The van der Waals surface area contributed by atoms with Crippen LogP contribution in [0.25, 0.3) is 16.8 Å². The van der Waals surface area contributed by atoms with Gasteiger partial charge in [-0.25, -0.2) is 22.9 Å². The normalized spacial score (nSPS) is 11.8. The Morgan fingerprint density at radius 1 is 1.12 bits per heavy atom. The summed E-state index contributed by atoms with van der Waals surface area (Å²) in [5.74, 6) is 0.826. The van der Waals surface area contributed by atoms with Crippen LogP contribution in [-0.4, -0.2) is 40.2 Å². The molecule has 170 valence electrons. The van der Waals surface area contributed by atoms with Crippen LogP contribution in [0.4, 0.5) is 5.82 Å². The number of rotatable bonds is 6. The molecule has 1 amide bonds. The minimum atomic E-state index is -3.51. The van der Waals surface area contributed by atoms with E-state index in [0.29, 0.717) is 17.0 Å². The Labute approximate surface area is 191 Å². The highest BCUT2D eigenvalue weighted by Gasteiger charge is 2.20. The average molecular weight is 465 g/mol. The second kappa shape index (κ2) is 8.62. The fraction of sp³-hybridized carbons (Fsp3) is 0.217. The number of carbonyl (C=O) groups is 1. The second-order valence-corrected chi connectivity index (χ2v) is 10.0. The lowest BCUT2D eigenvalue weighted by molar-refractivity contribution is 0.0947. The van der Waals surface area contributed by atoms with Gasteiger partial charge in [0.2, 0.25) is 0 Å². The zero-order chi connectivity index (χ0) is 23.8. The standard InChI is InChI=1S/C23H24N6O3S/c1-14(2)22-28-19(20-21(24)26-13-27-29(20)22)16-10-8-15(9-11-16)12-25-23(30)17-6-4-5-7-18(17)33(3,31)32/h4-11,13-14H,12H2,1-3H3,(H,25,30)(H2,24,26,27). The molecule has 0 aliphatic rings. The third-order valence-corrected chi connectivity index (χ3v) is 6.37. The zero-order valence-electron chi connectivity index (χ0n) is 18.5. The smallest absolute Gasteiger partial charge is 0.252 e. The van der Waals surface area contributed by atoms with Crippen LogP contribution in [0.1, 0.15) is 41.5 Å². The van der Waals surface area contributed by atoms with Crippen molar-refractivity contribution in [3.8, 4) is 11.3 Å². The summed E-state index contributed by atoms with van der Waals surface area (Å²) < 4.78 is 25.6. The molecule has 0 bridgehead atoms. The number of amides is 1. The molecular weight excluding hydrogens is 440 g/mol. The molecule has 0 saturated carbocycles. The summed E-state index contributed by atoms with van der Waals surface area (Å²) in [6.45, 7) is 4.30. The van der Waals surface area contributed by atoms with E-state index in [-0.39, 0.29) is 22.9 Å². The Morgan fingerprint density at radius 2 is 1.82 bits per heavy atom. The number of nitrogens with one attached hydrogen (secondary N) is 1. The highest BCUT2D eigenvalue weighted by atomic mass is 32.2. The summed E-state index contributed by atoms with van der Waals surface area (Å²) in [5, 5.41) is 7.08. The lowest BCUT2D eigenvalue weighted by Crippen LogP contribution is -2.24. The quantitative estimate of drug-likeness (QED) is 0.448. The molecule has 0 saturated heterocycles. The summed E-state index contributed by atoms with van der Waals surface area (Å²) in [7, 11) is -3.51. The number of benzene rings is 2. The number of nitrogen functional groups attached to an aromatic ring is 1. The third-order valence-electron chi connectivity index (χ3n) is 5.21. The van der Waals surface area contributed by atoms with E-state index >= 15 is 0 Å². The van der Waals surface area contributed by atoms with Gasteiger partial charge in [-0.1, -0.05) is 50.2 Å². The molecule has 0 atom stereocenters. The summed E-state index contributed by atoms with van der Waals surface area (Å²) in [6.07, 6.45) is 2.49. The number of fused-ring (bicyclic) bond motifs is 1. The van der Waals surface area contributed by atoms with Gasteiger partial charge in [-0.05, 0) is 17.7 Å². The van der Waals surface area contributed by atoms with E-state index in [1.807, 2.05) is 38.1 Å². The van der Waals surface area contributed by atoms with Crippen LogP contribution in [0, 0.1) is 0 Å². The molecule has 33 heavy (non-hydrogen) atoms. The Hall–Kier alpha value is -3.79. The monoisotopic (exact) mass is 464 g/mol. The van der Waals surface area contributed by atoms with Crippen molar-refractivity contribution in [2.45, 2.75) is 31.2 Å². The second-order valence-electron chi connectivity index (χ2n) is 8.03. The Bertz CT molecular complexity index is 1440. The molecule has 0 fully saturated rings. The molecule has 4 rings (SSSR count). The Morgan fingerprint density at radius 3 is 2.48 bits per heavy atom. The molecule has 2 heterocycles. The summed E-state index contributed by atoms with van der Waals surface area (Å²) in [6, 6.07) is 13.7. The van der Waals surface area contributed by atoms with Crippen molar-refractivity contribution in [2.75, 3.05) is 12.0 Å². The first kappa shape index (κ1) is 22.4. The van der Waals surface area contributed by atoms with Gasteiger partial charge in [-0.15, -0.1) is 0 Å². The predicted octanol–water partition coefficient (Wildman–Crippen LogP) is 2.83. The maximum absolute atomic E-state index is 12.6. The SMILES string of the molecule is CC(C)c1nc(-c2ccc(CNC(=O)c3ccccc3S(C)(=O)=O)cc2)c2c(N)ncnn12. The maximum atomic E-state index is 12.6. The number of hydrogen-bond acceptors (Lipinski definition) is 7. The van der Waals surface area contributed by atoms with Gasteiger partial charge in [0, 0.05) is 24.3 Å². The number of carbonyl (C=O) groups excluding carboxylic acids is 1. The number of hydrogen-bond donors (Lipinski definition) is 2. The van der Waals surface area contributed by atoms with Crippen molar-refractivity contribution in [1.82, 2.24) is 24.9 Å². The predicted molar refractivity (Wildman–Crippen MR) is 125 cm³/mol. The van der Waals surface area contributed by atoms with Gasteiger partial charge in [-0.3, -0.25) is 4.79 Å². The molecule has 10 heteroatoms. The van der Waals surface area contributed by atoms with E-state index in [1.165, 1.54) is 18.5 Å². The van der Waals surface area contributed by atoms with Crippen molar-refractivity contribution < 1.29 is 13.2 Å². The van der Waals surface area contributed by atoms with E-state index in [4.69, 9.17) is 10.7 Å². The molecule has 4 aromatic rings. The molecule has 0 aliphatic carbocycles. The van der Waals surface area contributed by atoms with Crippen LogP contribution >= 0.6 is 0 Å². The highest BCUT2D eigenvalue weighted by Crippen LogP contribution is 2.29. The summed E-state index contributed by atoms with van der Waals surface area (Å²) >= 11 is 0. The Balaban J connectivity index is 1.57. The van der Waals surface area contributed by atoms with E-state index in [1.54, 1.807) is 16.6 Å². The fourth-order valence-electron chi connectivity index (χ4n) is 3.59. The molecule has 0 spiro atoms. The van der Waals surface area contributed by atoms with Gasteiger partial charge in [-0.2, -0.15) is 5.10 Å². The molecule has 0 aliphatic heterocycles. The molecule has 2 aromatic carbocycles. The van der Waals surface area contributed by atoms with Crippen molar-refractivity contribution in [1.29, 1.82) is 0 Å². The van der Waals surface area contributed by atoms with Gasteiger partial charge >= 0.3 is 0 Å². The lowest BCUT2D eigenvalue weighted by Gasteiger charge is -2.09. The topological polar surface area (TPSA) is 132 Å². The van der Waals surface area contributed by atoms with E-state index in [0.717, 1.165) is 23.2 Å². The van der Waals surface area contributed by atoms with Crippen molar-refractivity contribution in [3.63, 3.8) is 0 Å². The number of imidazole rings is 1. The van der Waals surface area contributed by atoms with Crippen LogP contribution in [0.2, 0.25) is 0 Å². The van der Waals surface area contributed by atoms with Gasteiger partial charge in [0.05, 0.1) is 10.5 Å². The molecular formula is C23H24N6O3S. The number of nitrogens with zero attached hydrogens (tertiary/aromatic N) is 4. The summed E-state index contributed by atoms with van der Waals surface area (Å²) in [4.78, 5) is 21.5. The van der Waals surface area contributed by atoms with E-state index in [2.05, 4.69) is 15.4 Å². The molecule has 2 aromatic heterocycles. The van der Waals surface area contributed by atoms with E-state index < -0.39 is 15.7 Å². The van der Waals surface area contributed by atoms with E-state index in [9.17, 15) is 13.2 Å². The number of anilines is 1. The van der Waals surface area contributed by atoms with Crippen LogP contribution < -0.4 is 11.1 Å². The average Bonchev–Trinajstić information content (AvgIpc) is 3.19. The van der Waals surface area contributed by atoms with Crippen LogP contribution in [0.3, 0.4) is 0 Å². The highest BCUT2D eigenvalue weighted by molar-refractivity contribution is 7.90. The molecule has 3 N–H and O–H groups in total. The molecule has 0 radical (unpaired) electrons. The Kier molecular flexibility index (Phi) is 5.86. The minimum Gasteiger partial charge on any atom is -0.382 e. The van der Waals surface area contributed by atoms with Crippen molar-refractivity contribution >= 4 is 27.1 Å². The fourth-order valence-corrected chi connectivity index (χ4v) is 4.47. The van der Waals surface area contributed by atoms with Crippen LogP contribution in [0.5, 0.6) is 0 Å². The van der Waals surface area contributed by atoms with Crippen molar-refractivity contribution in [2.24, 2.45) is 0 Å².